The highest BCUT2D eigenvalue weighted by molar-refractivity contribution is 7.99. The molecule has 0 saturated heterocycles. The smallest absolute Gasteiger partial charge is 0.234 e. The van der Waals surface area contributed by atoms with E-state index in [0.717, 1.165) is 17.7 Å². The summed E-state index contributed by atoms with van der Waals surface area (Å²) in [5.74, 6) is 2.62. The highest BCUT2D eigenvalue weighted by Crippen LogP contribution is 2.30. The number of carbonyl (C=O) groups is 1. The van der Waals surface area contributed by atoms with E-state index in [1.807, 2.05) is 17.6 Å². The second-order valence-electron chi connectivity index (χ2n) is 6.60. The molecule has 1 aromatic carbocycles. The van der Waals surface area contributed by atoms with E-state index in [2.05, 4.69) is 15.5 Å². The van der Waals surface area contributed by atoms with E-state index >= 15 is 0 Å². The standard InChI is InChI=1S/C21H26N4O5S/c1-14-16(8-11-30-14)20-23-24-21(25(20)9-5-10-27-2)31-13-19(26)22-17-12-15(28-3)6-7-18(17)29-4/h6-8,11-12H,5,9-10,13H2,1-4H3,(H,22,26). The molecule has 0 aliphatic rings. The fraction of sp³-hybridized carbons (Fsp3) is 0.381. The van der Waals surface area contributed by atoms with Crippen LogP contribution >= 0.6 is 11.8 Å². The summed E-state index contributed by atoms with van der Waals surface area (Å²) in [6.45, 7) is 3.15. The van der Waals surface area contributed by atoms with Crippen LogP contribution in [0.15, 0.2) is 40.1 Å². The summed E-state index contributed by atoms with van der Waals surface area (Å²) in [7, 11) is 4.78. The number of aryl methyl sites for hydroxylation is 1. The zero-order valence-electron chi connectivity index (χ0n) is 18.0. The van der Waals surface area contributed by atoms with Gasteiger partial charge in [-0.05, 0) is 31.5 Å². The van der Waals surface area contributed by atoms with Crippen molar-refractivity contribution in [2.75, 3.05) is 39.0 Å². The van der Waals surface area contributed by atoms with Crippen LogP contribution < -0.4 is 14.8 Å². The quantitative estimate of drug-likeness (QED) is 0.352. The van der Waals surface area contributed by atoms with E-state index in [1.54, 1.807) is 45.8 Å². The number of amides is 1. The first-order valence-electron chi connectivity index (χ1n) is 9.68. The lowest BCUT2D eigenvalue weighted by Crippen LogP contribution is -2.15. The van der Waals surface area contributed by atoms with Gasteiger partial charge in [-0.2, -0.15) is 0 Å². The summed E-state index contributed by atoms with van der Waals surface area (Å²) in [6, 6.07) is 7.09. The molecule has 0 atom stereocenters. The number of nitrogens with zero attached hydrogens (tertiary/aromatic N) is 3. The molecule has 2 aromatic heterocycles. The van der Waals surface area contributed by atoms with Crippen LogP contribution in [0.3, 0.4) is 0 Å². The molecular formula is C21H26N4O5S. The molecule has 3 rings (SSSR count). The predicted molar refractivity (Wildman–Crippen MR) is 118 cm³/mol. The average molecular weight is 447 g/mol. The summed E-state index contributed by atoms with van der Waals surface area (Å²) >= 11 is 1.31. The Morgan fingerprint density at radius 2 is 2.03 bits per heavy atom. The van der Waals surface area contributed by atoms with Gasteiger partial charge in [0.1, 0.15) is 17.3 Å². The summed E-state index contributed by atoms with van der Waals surface area (Å²) < 4.78 is 23.1. The number of carbonyl (C=O) groups excluding carboxylic acids is 1. The monoisotopic (exact) mass is 446 g/mol. The van der Waals surface area contributed by atoms with Gasteiger partial charge in [-0.15, -0.1) is 10.2 Å². The second kappa shape index (κ2) is 10.9. The maximum Gasteiger partial charge on any atom is 0.234 e. The van der Waals surface area contributed by atoms with Crippen LogP contribution in [-0.4, -0.2) is 54.4 Å². The molecule has 0 aliphatic heterocycles. The number of ether oxygens (including phenoxy) is 3. The van der Waals surface area contributed by atoms with Gasteiger partial charge in [0.25, 0.3) is 0 Å². The minimum Gasteiger partial charge on any atom is -0.497 e. The van der Waals surface area contributed by atoms with Gasteiger partial charge in [-0.3, -0.25) is 4.79 Å². The number of benzene rings is 1. The molecule has 0 spiro atoms. The summed E-state index contributed by atoms with van der Waals surface area (Å²) in [4.78, 5) is 12.6. The molecule has 1 N–H and O–H groups in total. The van der Waals surface area contributed by atoms with Gasteiger partial charge in [-0.25, -0.2) is 0 Å². The van der Waals surface area contributed by atoms with Crippen LogP contribution in [0.1, 0.15) is 12.2 Å². The van der Waals surface area contributed by atoms with Crippen molar-refractivity contribution in [3.8, 4) is 22.9 Å². The first kappa shape index (κ1) is 22.7. The van der Waals surface area contributed by atoms with Crippen LogP contribution in [0.5, 0.6) is 11.5 Å². The highest BCUT2D eigenvalue weighted by atomic mass is 32.2. The van der Waals surface area contributed by atoms with Crippen molar-refractivity contribution in [2.24, 2.45) is 0 Å². The number of rotatable bonds is 11. The summed E-state index contributed by atoms with van der Waals surface area (Å²) in [5, 5.41) is 12.2. The van der Waals surface area contributed by atoms with Crippen molar-refractivity contribution < 1.29 is 23.4 Å². The van der Waals surface area contributed by atoms with E-state index in [1.165, 1.54) is 11.8 Å². The SMILES string of the molecule is COCCCn1c(SCC(=O)Nc2cc(OC)ccc2OC)nnc1-c1ccoc1C. The number of nitrogens with one attached hydrogen (secondary N) is 1. The molecule has 9 nitrogen and oxygen atoms in total. The maximum absolute atomic E-state index is 12.6. The van der Waals surface area contributed by atoms with E-state index < -0.39 is 0 Å². The average Bonchev–Trinajstić information content (AvgIpc) is 3.37. The van der Waals surface area contributed by atoms with Gasteiger partial charge >= 0.3 is 0 Å². The van der Waals surface area contributed by atoms with Gasteiger partial charge in [0.2, 0.25) is 5.91 Å². The Hall–Kier alpha value is -2.98. The summed E-state index contributed by atoms with van der Waals surface area (Å²) in [6.07, 6.45) is 2.42. The molecule has 0 fully saturated rings. The van der Waals surface area contributed by atoms with Crippen molar-refractivity contribution in [3.05, 3.63) is 36.3 Å². The summed E-state index contributed by atoms with van der Waals surface area (Å²) in [5.41, 5.74) is 1.42. The van der Waals surface area contributed by atoms with E-state index in [9.17, 15) is 4.79 Å². The lowest BCUT2D eigenvalue weighted by atomic mass is 10.2. The minimum atomic E-state index is -0.191. The number of furan rings is 1. The lowest BCUT2D eigenvalue weighted by molar-refractivity contribution is -0.113. The zero-order chi connectivity index (χ0) is 22.2. The van der Waals surface area contributed by atoms with Crippen molar-refractivity contribution in [3.63, 3.8) is 0 Å². The predicted octanol–water partition coefficient (Wildman–Crippen LogP) is 3.63. The number of methoxy groups -OCH3 is 3. The first-order chi connectivity index (χ1) is 15.1. The molecule has 0 unspecified atom stereocenters. The molecule has 166 valence electrons. The van der Waals surface area contributed by atoms with E-state index in [4.69, 9.17) is 18.6 Å². The lowest BCUT2D eigenvalue weighted by Gasteiger charge is -2.12. The van der Waals surface area contributed by atoms with Gasteiger partial charge in [0.05, 0.1) is 37.5 Å². The highest BCUT2D eigenvalue weighted by Gasteiger charge is 2.18. The van der Waals surface area contributed by atoms with Crippen molar-refractivity contribution in [1.82, 2.24) is 14.8 Å². The Morgan fingerprint density at radius 1 is 1.19 bits per heavy atom. The van der Waals surface area contributed by atoms with Crippen LogP contribution in [0.2, 0.25) is 0 Å². The topological polar surface area (TPSA) is 101 Å². The number of anilines is 1. The second-order valence-corrected chi connectivity index (χ2v) is 7.54. The molecule has 0 radical (unpaired) electrons. The molecule has 31 heavy (non-hydrogen) atoms. The van der Waals surface area contributed by atoms with Crippen LogP contribution in [0.4, 0.5) is 5.69 Å². The van der Waals surface area contributed by atoms with E-state index in [-0.39, 0.29) is 11.7 Å². The Balaban J connectivity index is 1.73. The molecule has 0 aliphatic carbocycles. The Labute approximate surface area is 185 Å². The molecule has 3 aromatic rings. The molecule has 1 amide bonds. The minimum absolute atomic E-state index is 0.160. The van der Waals surface area contributed by atoms with Crippen molar-refractivity contribution >= 4 is 23.4 Å². The molecule has 10 heteroatoms. The molecule has 0 bridgehead atoms. The van der Waals surface area contributed by atoms with Crippen molar-refractivity contribution in [2.45, 2.75) is 25.0 Å². The largest absolute Gasteiger partial charge is 0.497 e. The van der Waals surface area contributed by atoms with Crippen molar-refractivity contribution in [1.29, 1.82) is 0 Å². The van der Waals surface area contributed by atoms with Crippen LogP contribution in [-0.2, 0) is 16.1 Å². The fourth-order valence-corrected chi connectivity index (χ4v) is 3.77. The maximum atomic E-state index is 12.6. The third kappa shape index (κ3) is 5.59. The van der Waals surface area contributed by atoms with Gasteiger partial charge in [0, 0.05) is 26.3 Å². The van der Waals surface area contributed by atoms with Gasteiger partial charge < -0.3 is 28.5 Å². The normalized spacial score (nSPS) is 10.8. The van der Waals surface area contributed by atoms with Crippen LogP contribution in [0.25, 0.3) is 11.4 Å². The number of hydrogen-bond acceptors (Lipinski definition) is 8. The van der Waals surface area contributed by atoms with Gasteiger partial charge in [0.15, 0.2) is 11.0 Å². The van der Waals surface area contributed by atoms with Gasteiger partial charge in [-0.1, -0.05) is 11.8 Å². The third-order valence-corrected chi connectivity index (χ3v) is 5.53. The molecule has 2 heterocycles. The fourth-order valence-electron chi connectivity index (χ4n) is 3.01. The van der Waals surface area contributed by atoms with E-state index in [0.29, 0.717) is 41.3 Å². The Morgan fingerprint density at radius 3 is 2.71 bits per heavy atom. The first-order valence-corrected chi connectivity index (χ1v) is 10.7. The number of aromatic nitrogens is 3. The number of hydrogen-bond donors (Lipinski definition) is 1. The number of thioether (sulfide) groups is 1. The Bertz CT molecular complexity index is 1020. The van der Waals surface area contributed by atoms with Crippen LogP contribution in [0, 0.1) is 6.92 Å². The third-order valence-electron chi connectivity index (χ3n) is 4.56. The Kier molecular flexibility index (Phi) is 7.96. The zero-order valence-corrected chi connectivity index (χ0v) is 18.8. The molecule has 0 saturated carbocycles. The molecular weight excluding hydrogens is 420 g/mol.